The fraction of sp³-hybridized carbons (Fsp3) is 0.333. The highest BCUT2D eigenvalue weighted by molar-refractivity contribution is 7.22. The van der Waals surface area contributed by atoms with Gasteiger partial charge in [0.15, 0.2) is 0 Å². The van der Waals surface area contributed by atoms with Crippen LogP contribution in [-0.4, -0.2) is 44.9 Å². The lowest BCUT2D eigenvalue weighted by Gasteiger charge is -2.16. The Balaban J connectivity index is 0.000000423. The number of hydrogen-bond acceptors (Lipinski definition) is 8. The first-order valence-corrected chi connectivity index (χ1v) is 10.0. The minimum absolute atomic E-state index is 0.0202. The maximum atomic E-state index is 10.6. The zero-order valence-corrected chi connectivity index (χ0v) is 18.0. The van der Waals surface area contributed by atoms with E-state index in [1.165, 1.54) is 17.7 Å². The van der Waals surface area contributed by atoms with Crippen LogP contribution in [0.1, 0.15) is 18.9 Å². The molecule has 8 nitrogen and oxygen atoms in total. The van der Waals surface area contributed by atoms with Crippen LogP contribution in [0, 0.1) is 6.92 Å². The molecule has 0 amide bonds. The molecule has 3 aromatic rings. The monoisotopic (exact) mass is 477 g/mol. The third kappa shape index (κ3) is 6.64. The van der Waals surface area contributed by atoms with Crippen molar-refractivity contribution in [2.45, 2.75) is 32.5 Å². The summed E-state index contributed by atoms with van der Waals surface area (Å²) in [6.45, 7) is 4.49. The van der Waals surface area contributed by atoms with Crippen LogP contribution in [-0.2, 0) is 4.79 Å². The fourth-order valence-corrected chi connectivity index (χ4v) is 3.52. The number of fused-ring (bicyclic) bond motifs is 1. The van der Waals surface area contributed by atoms with Crippen LogP contribution in [0.4, 0.5) is 24.7 Å². The van der Waals surface area contributed by atoms with Gasteiger partial charge in [0.1, 0.15) is 22.7 Å². The van der Waals surface area contributed by atoms with Crippen molar-refractivity contribution in [2.24, 2.45) is 5.73 Å². The first-order valence-electron chi connectivity index (χ1n) is 8.83. The van der Waals surface area contributed by atoms with Crippen molar-refractivity contribution in [1.82, 2.24) is 15.0 Å². The molecular formula is C18H19ClF3N5O3S. The third-order valence-corrected chi connectivity index (χ3v) is 5.32. The number of carboxylic acids is 1. The second-order valence-electron chi connectivity index (χ2n) is 6.19. The number of hydrogen-bond donors (Lipinski definition) is 3. The van der Waals surface area contributed by atoms with Crippen LogP contribution in [0.15, 0.2) is 24.7 Å². The summed E-state index contributed by atoms with van der Waals surface area (Å²) in [5.74, 6) is -1.55. The van der Waals surface area contributed by atoms with Gasteiger partial charge >= 0.3 is 12.1 Å². The summed E-state index contributed by atoms with van der Waals surface area (Å²) in [6.07, 6.45) is -1.14. The number of pyridine rings is 1. The molecule has 0 aliphatic rings. The number of thiophene rings is 1. The average Bonchev–Trinajstić information content (AvgIpc) is 2.98. The van der Waals surface area contributed by atoms with E-state index in [4.69, 9.17) is 32.0 Å². The Labute approximate surface area is 184 Å². The fourth-order valence-electron chi connectivity index (χ4n) is 2.33. The van der Waals surface area contributed by atoms with Crippen molar-refractivity contribution < 1.29 is 27.8 Å². The Kier molecular flexibility index (Phi) is 8.36. The molecule has 0 saturated heterocycles. The smallest absolute Gasteiger partial charge is 0.475 e. The van der Waals surface area contributed by atoms with Crippen molar-refractivity contribution in [3.05, 3.63) is 34.6 Å². The maximum Gasteiger partial charge on any atom is 0.490 e. The Morgan fingerprint density at radius 3 is 2.68 bits per heavy atom. The quantitative estimate of drug-likeness (QED) is 0.472. The van der Waals surface area contributed by atoms with E-state index in [2.05, 4.69) is 20.3 Å². The number of alkyl halides is 3. The molecule has 3 rings (SSSR count). The van der Waals surface area contributed by atoms with Crippen molar-refractivity contribution in [1.29, 1.82) is 0 Å². The molecule has 0 aliphatic heterocycles. The maximum absolute atomic E-state index is 10.6. The van der Waals surface area contributed by atoms with Crippen LogP contribution in [0.3, 0.4) is 0 Å². The summed E-state index contributed by atoms with van der Waals surface area (Å²) in [5.41, 5.74) is 7.28. The molecule has 1 unspecified atom stereocenters. The summed E-state index contributed by atoms with van der Waals surface area (Å²) in [4.78, 5) is 22.7. The molecule has 13 heteroatoms. The third-order valence-electron chi connectivity index (χ3n) is 3.82. The number of carboxylic acid groups (broad SMARTS) is 1. The number of anilines is 2. The van der Waals surface area contributed by atoms with Crippen molar-refractivity contribution in [3.63, 3.8) is 0 Å². The standard InChI is InChI=1S/C16H18ClN5OS.C2HF3O2/c1-9(5-6-18)23-15-11(4-3-7-19-15)22-14-12-10(2)13(17)24-16(12)21-8-20-14;3-2(4,5)1(6)7/h3-4,7-9H,5-6,18H2,1-2H3,(H,20,21,22);(H,6,7). The lowest BCUT2D eigenvalue weighted by atomic mass is 10.2. The van der Waals surface area contributed by atoms with Gasteiger partial charge in [-0.25, -0.2) is 19.7 Å². The average molecular weight is 478 g/mol. The van der Waals surface area contributed by atoms with Gasteiger partial charge in [0.2, 0.25) is 5.88 Å². The van der Waals surface area contributed by atoms with Gasteiger partial charge in [-0.05, 0) is 44.5 Å². The largest absolute Gasteiger partial charge is 0.490 e. The summed E-state index contributed by atoms with van der Waals surface area (Å²) in [7, 11) is 0. The molecule has 0 radical (unpaired) electrons. The molecule has 0 saturated carbocycles. The lowest BCUT2D eigenvalue weighted by Crippen LogP contribution is -2.21. The van der Waals surface area contributed by atoms with E-state index in [0.29, 0.717) is 22.6 Å². The number of aliphatic carboxylic acids is 1. The van der Waals surface area contributed by atoms with Crippen LogP contribution < -0.4 is 15.8 Å². The number of aromatic nitrogens is 3. The van der Waals surface area contributed by atoms with E-state index in [0.717, 1.165) is 27.9 Å². The zero-order valence-electron chi connectivity index (χ0n) is 16.4. The Morgan fingerprint density at radius 2 is 2.06 bits per heavy atom. The molecular weight excluding hydrogens is 459 g/mol. The van der Waals surface area contributed by atoms with Gasteiger partial charge in [0.25, 0.3) is 0 Å². The first kappa shape index (κ1) is 24.6. The van der Waals surface area contributed by atoms with Crippen LogP contribution in [0.5, 0.6) is 5.88 Å². The molecule has 0 aromatic carbocycles. The van der Waals surface area contributed by atoms with Crippen LogP contribution in [0.2, 0.25) is 4.34 Å². The Morgan fingerprint density at radius 1 is 1.39 bits per heavy atom. The highest BCUT2D eigenvalue weighted by Crippen LogP contribution is 2.38. The van der Waals surface area contributed by atoms with Gasteiger partial charge in [-0.1, -0.05) is 11.6 Å². The molecule has 1 atom stereocenters. The molecule has 0 spiro atoms. The molecule has 3 aromatic heterocycles. The summed E-state index contributed by atoms with van der Waals surface area (Å²) >= 11 is 7.67. The summed E-state index contributed by atoms with van der Waals surface area (Å²) in [6, 6.07) is 3.74. The second kappa shape index (κ2) is 10.6. The molecule has 0 aliphatic carbocycles. The predicted octanol–water partition coefficient (Wildman–Crippen LogP) is 4.54. The SMILES string of the molecule is Cc1c(Cl)sc2ncnc(Nc3cccnc3OC(C)CCN)c12.O=C(O)C(F)(F)F. The van der Waals surface area contributed by atoms with Gasteiger partial charge in [-0.15, -0.1) is 11.3 Å². The number of nitrogens with two attached hydrogens (primary N) is 1. The number of rotatable bonds is 6. The Hall–Kier alpha value is -2.70. The molecule has 0 fully saturated rings. The molecule has 3 heterocycles. The van der Waals surface area contributed by atoms with Crippen molar-refractivity contribution >= 4 is 50.6 Å². The summed E-state index contributed by atoms with van der Waals surface area (Å²) < 4.78 is 38.3. The first-order chi connectivity index (χ1) is 14.5. The van der Waals surface area contributed by atoms with E-state index >= 15 is 0 Å². The van der Waals surface area contributed by atoms with E-state index in [1.54, 1.807) is 6.20 Å². The number of nitrogens with one attached hydrogen (secondary N) is 1. The van der Waals surface area contributed by atoms with Crippen molar-refractivity contribution in [3.8, 4) is 5.88 Å². The molecule has 31 heavy (non-hydrogen) atoms. The predicted molar refractivity (Wildman–Crippen MR) is 112 cm³/mol. The highest BCUT2D eigenvalue weighted by Gasteiger charge is 2.38. The molecule has 0 bridgehead atoms. The van der Waals surface area contributed by atoms with Gasteiger partial charge in [0.05, 0.1) is 15.8 Å². The number of ether oxygens (including phenoxy) is 1. The molecule has 168 valence electrons. The molecule has 4 N–H and O–H groups in total. The van der Waals surface area contributed by atoms with Gasteiger partial charge < -0.3 is 20.9 Å². The van der Waals surface area contributed by atoms with E-state index in [-0.39, 0.29) is 6.10 Å². The zero-order chi connectivity index (χ0) is 23.2. The highest BCUT2D eigenvalue weighted by atomic mass is 35.5. The van der Waals surface area contributed by atoms with Gasteiger partial charge in [-0.2, -0.15) is 13.2 Å². The number of carbonyl (C=O) groups is 1. The van der Waals surface area contributed by atoms with E-state index < -0.39 is 12.1 Å². The Bertz CT molecular complexity index is 1050. The summed E-state index contributed by atoms with van der Waals surface area (Å²) in [5, 5.41) is 11.3. The number of nitrogens with zero attached hydrogens (tertiary/aromatic N) is 3. The normalized spacial score (nSPS) is 12.1. The number of aryl methyl sites for hydroxylation is 1. The van der Waals surface area contributed by atoms with Gasteiger partial charge in [0, 0.05) is 6.20 Å². The van der Waals surface area contributed by atoms with Gasteiger partial charge in [-0.3, -0.25) is 0 Å². The second-order valence-corrected chi connectivity index (χ2v) is 7.79. The van der Waals surface area contributed by atoms with Crippen LogP contribution >= 0.6 is 22.9 Å². The van der Waals surface area contributed by atoms with E-state index in [1.807, 2.05) is 26.0 Å². The number of halogens is 4. The van der Waals surface area contributed by atoms with Crippen molar-refractivity contribution in [2.75, 3.05) is 11.9 Å². The topological polar surface area (TPSA) is 123 Å². The minimum Gasteiger partial charge on any atom is -0.475 e. The van der Waals surface area contributed by atoms with Crippen LogP contribution in [0.25, 0.3) is 10.2 Å². The van der Waals surface area contributed by atoms with E-state index in [9.17, 15) is 13.2 Å². The minimum atomic E-state index is -5.08. The lowest BCUT2D eigenvalue weighted by molar-refractivity contribution is -0.192.